The van der Waals surface area contributed by atoms with Crippen LogP contribution in [0.2, 0.25) is 0 Å². The van der Waals surface area contributed by atoms with Gasteiger partial charge in [0.15, 0.2) is 0 Å². The Kier molecular flexibility index (Phi) is 5.79. The van der Waals surface area contributed by atoms with Crippen molar-refractivity contribution in [2.45, 2.75) is 13.5 Å². The number of benzene rings is 2. The zero-order valence-corrected chi connectivity index (χ0v) is 18.6. The molecule has 1 saturated heterocycles. The fourth-order valence-electron chi connectivity index (χ4n) is 3.11. The standard InChI is InChI=1S/C22H15BrN2O5S/c1-13-5-7-17(18(23)9-13)19-8-6-16(30-19)11-20-21(26)24(22(27)31-20)12-14-3-2-4-15(10-14)25(28)29/h2-11H,12H2,1H3. The van der Waals surface area contributed by atoms with Crippen molar-refractivity contribution in [2.75, 3.05) is 0 Å². The Morgan fingerprint density at radius 1 is 1.16 bits per heavy atom. The zero-order valence-electron chi connectivity index (χ0n) is 16.2. The molecule has 156 valence electrons. The van der Waals surface area contributed by atoms with Crippen molar-refractivity contribution in [3.05, 3.63) is 91.0 Å². The molecule has 2 heterocycles. The molecule has 2 aromatic carbocycles. The van der Waals surface area contributed by atoms with E-state index in [4.69, 9.17) is 4.42 Å². The zero-order chi connectivity index (χ0) is 22.1. The maximum absolute atomic E-state index is 12.7. The number of carbonyl (C=O) groups excluding carboxylic acids is 2. The average Bonchev–Trinajstić information content (AvgIpc) is 3.28. The maximum atomic E-state index is 12.7. The van der Waals surface area contributed by atoms with Gasteiger partial charge in [-0.15, -0.1) is 0 Å². The highest BCUT2D eigenvalue weighted by atomic mass is 79.9. The Balaban J connectivity index is 1.54. The van der Waals surface area contributed by atoms with Crippen LogP contribution in [-0.2, 0) is 11.3 Å². The predicted octanol–water partition coefficient (Wildman–Crippen LogP) is 6.16. The van der Waals surface area contributed by atoms with Gasteiger partial charge in [0.2, 0.25) is 0 Å². The molecule has 0 aliphatic carbocycles. The lowest BCUT2D eigenvalue weighted by Crippen LogP contribution is -2.27. The van der Waals surface area contributed by atoms with Crippen LogP contribution in [0.5, 0.6) is 0 Å². The number of hydrogen-bond donors (Lipinski definition) is 0. The Morgan fingerprint density at radius 2 is 1.97 bits per heavy atom. The molecule has 2 amide bonds. The first-order valence-corrected chi connectivity index (χ1v) is 10.8. The minimum absolute atomic E-state index is 0.0383. The third-order valence-corrected chi connectivity index (χ3v) is 6.19. The smallest absolute Gasteiger partial charge is 0.293 e. The van der Waals surface area contributed by atoms with Gasteiger partial charge in [-0.3, -0.25) is 24.6 Å². The molecule has 0 N–H and O–H groups in total. The lowest BCUT2D eigenvalue weighted by atomic mass is 10.1. The first kappa shape index (κ1) is 21.1. The van der Waals surface area contributed by atoms with Crippen LogP contribution < -0.4 is 0 Å². The Hall–Kier alpha value is -3.17. The van der Waals surface area contributed by atoms with E-state index in [9.17, 15) is 19.7 Å². The fourth-order valence-corrected chi connectivity index (χ4v) is 4.62. The van der Waals surface area contributed by atoms with Crippen LogP contribution in [0.15, 0.2) is 68.4 Å². The number of nitro benzene ring substituents is 1. The number of rotatable bonds is 5. The van der Waals surface area contributed by atoms with Crippen LogP contribution in [0.4, 0.5) is 10.5 Å². The lowest BCUT2D eigenvalue weighted by molar-refractivity contribution is -0.384. The number of thioether (sulfide) groups is 1. The second-order valence-electron chi connectivity index (χ2n) is 6.88. The van der Waals surface area contributed by atoms with Gasteiger partial charge in [-0.05, 0) is 54.1 Å². The number of amides is 2. The Bertz CT molecular complexity index is 1250. The second-order valence-corrected chi connectivity index (χ2v) is 8.73. The SMILES string of the molecule is Cc1ccc(-c2ccc(C=C3SC(=O)N(Cc4cccc([N+](=O)[O-])c4)C3=O)o2)c(Br)c1. The van der Waals surface area contributed by atoms with E-state index < -0.39 is 16.1 Å². The highest BCUT2D eigenvalue weighted by Gasteiger charge is 2.35. The molecule has 0 saturated carbocycles. The maximum Gasteiger partial charge on any atom is 0.293 e. The molecule has 4 rings (SSSR count). The molecule has 0 radical (unpaired) electrons. The van der Waals surface area contributed by atoms with Crippen molar-refractivity contribution < 1.29 is 18.9 Å². The van der Waals surface area contributed by atoms with Gasteiger partial charge < -0.3 is 4.42 Å². The van der Waals surface area contributed by atoms with Gasteiger partial charge in [-0.25, -0.2) is 0 Å². The van der Waals surface area contributed by atoms with Gasteiger partial charge in [0.1, 0.15) is 11.5 Å². The summed E-state index contributed by atoms with van der Waals surface area (Å²) >= 11 is 4.34. The summed E-state index contributed by atoms with van der Waals surface area (Å²) in [6, 6.07) is 15.3. The van der Waals surface area contributed by atoms with Gasteiger partial charge in [-0.1, -0.05) is 34.1 Å². The van der Waals surface area contributed by atoms with Crippen molar-refractivity contribution >= 4 is 50.6 Å². The molecule has 1 fully saturated rings. The molecular formula is C22H15BrN2O5S. The number of halogens is 1. The number of hydrogen-bond acceptors (Lipinski definition) is 6. The van der Waals surface area contributed by atoms with E-state index in [0.717, 1.165) is 32.3 Å². The van der Waals surface area contributed by atoms with Crippen molar-refractivity contribution in [3.63, 3.8) is 0 Å². The molecule has 9 heteroatoms. The van der Waals surface area contributed by atoms with Gasteiger partial charge in [0, 0.05) is 28.2 Å². The number of aryl methyl sites for hydroxylation is 1. The quantitative estimate of drug-likeness (QED) is 0.237. The lowest BCUT2D eigenvalue weighted by Gasteiger charge is -2.12. The third kappa shape index (κ3) is 4.47. The summed E-state index contributed by atoms with van der Waals surface area (Å²) in [5.74, 6) is 0.619. The van der Waals surface area contributed by atoms with E-state index >= 15 is 0 Å². The minimum Gasteiger partial charge on any atom is -0.457 e. The van der Waals surface area contributed by atoms with Gasteiger partial charge >= 0.3 is 0 Å². The summed E-state index contributed by atoms with van der Waals surface area (Å²) in [4.78, 5) is 36.8. The summed E-state index contributed by atoms with van der Waals surface area (Å²) in [6.45, 7) is 1.95. The minimum atomic E-state index is -0.516. The van der Waals surface area contributed by atoms with Gasteiger partial charge in [0.25, 0.3) is 16.8 Å². The van der Waals surface area contributed by atoms with E-state index in [0.29, 0.717) is 17.1 Å². The van der Waals surface area contributed by atoms with Crippen LogP contribution in [-0.4, -0.2) is 21.0 Å². The van der Waals surface area contributed by atoms with Crippen LogP contribution in [0, 0.1) is 17.0 Å². The van der Waals surface area contributed by atoms with Crippen molar-refractivity contribution in [3.8, 4) is 11.3 Å². The molecule has 1 aliphatic heterocycles. The Morgan fingerprint density at radius 3 is 2.71 bits per heavy atom. The topological polar surface area (TPSA) is 93.7 Å². The molecule has 1 aliphatic rings. The van der Waals surface area contributed by atoms with Crippen molar-refractivity contribution in [2.24, 2.45) is 0 Å². The number of furan rings is 1. The molecule has 3 aromatic rings. The van der Waals surface area contributed by atoms with Crippen molar-refractivity contribution in [1.82, 2.24) is 4.90 Å². The summed E-state index contributed by atoms with van der Waals surface area (Å²) in [6.07, 6.45) is 1.53. The van der Waals surface area contributed by atoms with Gasteiger partial charge in [-0.2, -0.15) is 0 Å². The summed E-state index contributed by atoms with van der Waals surface area (Å²) in [7, 11) is 0. The fraction of sp³-hybridized carbons (Fsp3) is 0.0909. The highest BCUT2D eigenvalue weighted by Crippen LogP contribution is 2.35. The summed E-state index contributed by atoms with van der Waals surface area (Å²) in [5, 5.41) is 10.5. The summed E-state index contributed by atoms with van der Waals surface area (Å²) in [5.41, 5.74) is 2.40. The van der Waals surface area contributed by atoms with E-state index in [-0.39, 0.29) is 17.1 Å². The van der Waals surface area contributed by atoms with Gasteiger partial charge in [0.05, 0.1) is 16.4 Å². The summed E-state index contributed by atoms with van der Waals surface area (Å²) < 4.78 is 6.75. The van der Waals surface area contributed by atoms with E-state index in [1.54, 1.807) is 18.2 Å². The number of nitro groups is 1. The highest BCUT2D eigenvalue weighted by molar-refractivity contribution is 9.10. The Labute approximate surface area is 190 Å². The van der Waals surface area contributed by atoms with Crippen LogP contribution in [0.25, 0.3) is 17.4 Å². The first-order valence-electron chi connectivity index (χ1n) is 9.17. The van der Waals surface area contributed by atoms with E-state index in [2.05, 4.69) is 15.9 Å². The predicted molar refractivity (Wildman–Crippen MR) is 121 cm³/mol. The first-order chi connectivity index (χ1) is 14.8. The molecule has 0 unspecified atom stereocenters. The number of nitrogens with zero attached hydrogens (tertiary/aromatic N) is 2. The molecule has 0 spiro atoms. The monoisotopic (exact) mass is 498 g/mol. The van der Waals surface area contributed by atoms with E-state index in [1.165, 1.54) is 24.3 Å². The van der Waals surface area contributed by atoms with E-state index in [1.807, 2.05) is 25.1 Å². The largest absolute Gasteiger partial charge is 0.457 e. The number of imide groups is 1. The van der Waals surface area contributed by atoms with Crippen LogP contribution >= 0.6 is 27.7 Å². The normalized spacial score (nSPS) is 15.2. The van der Waals surface area contributed by atoms with Crippen molar-refractivity contribution in [1.29, 1.82) is 0 Å². The molecule has 0 atom stereocenters. The third-order valence-electron chi connectivity index (χ3n) is 4.63. The average molecular weight is 499 g/mol. The van der Waals surface area contributed by atoms with Crippen LogP contribution in [0.1, 0.15) is 16.9 Å². The molecule has 1 aromatic heterocycles. The molecular weight excluding hydrogens is 484 g/mol. The number of non-ortho nitro benzene ring substituents is 1. The number of carbonyl (C=O) groups is 2. The van der Waals surface area contributed by atoms with Crippen LogP contribution in [0.3, 0.4) is 0 Å². The molecule has 0 bridgehead atoms. The molecule has 31 heavy (non-hydrogen) atoms. The second kappa shape index (κ2) is 8.52. The molecule has 7 nitrogen and oxygen atoms in total.